The molecule has 1 N–H and O–H groups in total. The number of pyridine rings is 1. The Morgan fingerprint density at radius 3 is 2.38 bits per heavy atom. The lowest BCUT2D eigenvalue weighted by Gasteiger charge is -2.09. The Labute approximate surface area is 138 Å². The molecule has 3 nitrogen and oxygen atoms in total. The Balaban J connectivity index is 2.14. The number of benzene rings is 1. The first-order chi connectivity index (χ1) is 11.3. The SMILES string of the molecule is CC(C)CCNC(=O)c1cncc(-c2ccc(C(F)(F)F)cc2)c1. The highest BCUT2D eigenvalue weighted by atomic mass is 19.4. The van der Waals surface area contributed by atoms with Gasteiger partial charge in [-0.3, -0.25) is 9.78 Å². The van der Waals surface area contributed by atoms with E-state index in [-0.39, 0.29) is 5.91 Å². The molecule has 24 heavy (non-hydrogen) atoms. The molecule has 0 fully saturated rings. The molecule has 0 aliphatic rings. The summed E-state index contributed by atoms with van der Waals surface area (Å²) in [5, 5.41) is 2.81. The van der Waals surface area contributed by atoms with Crippen molar-refractivity contribution in [1.29, 1.82) is 0 Å². The zero-order valence-electron chi connectivity index (χ0n) is 13.5. The van der Waals surface area contributed by atoms with E-state index in [1.54, 1.807) is 6.07 Å². The molecule has 0 bridgehead atoms. The molecular formula is C18H19F3N2O. The van der Waals surface area contributed by atoms with Gasteiger partial charge < -0.3 is 5.32 Å². The molecule has 1 aromatic carbocycles. The molecule has 2 aromatic rings. The van der Waals surface area contributed by atoms with Gasteiger partial charge in [0.2, 0.25) is 0 Å². The molecule has 0 atom stereocenters. The third-order valence-electron chi connectivity index (χ3n) is 3.55. The molecule has 0 saturated heterocycles. The van der Waals surface area contributed by atoms with E-state index in [2.05, 4.69) is 24.1 Å². The number of aromatic nitrogens is 1. The van der Waals surface area contributed by atoms with Crippen LogP contribution in [0.5, 0.6) is 0 Å². The van der Waals surface area contributed by atoms with Crippen molar-refractivity contribution < 1.29 is 18.0 Å². The molecule has 1 heterocycles. The number of amides is 1. The lowest BCUT2D eigenvalue weighted by Crippen LogP contribution is -2.25. The van der Waals surface area contributed by atoms with Gasteiger partial charge in [-0.15, -0.1) is 0 Å². The van der Waals surface area contributed by atoms with Crippen molar-refractivity contribution in [3.63, 3.8) is 0 Å². The number of carbonyl (C=O) groups is 1. The molecule has 0 radical (unpaired) electrons. The largest absolute Gasteiger partial charge is 0.416 e. The summed E-state index contributed by atoms with van der Waals surface area (Å²) in [6.07, 6.45) is -0.529. The van der Waals surface area contributed by atoms with E-state index in [1.165, 1.54) is 24.5 Å². The van der Waals surface area contributed by atoms with Crippen molar-refractivity contribution in [2.24, 2.45) is 5.92 Å². The van der Waals surface area contributed by atoms with Crippen LogP contribution < -0.4 is 5.32 Å². The van der Waals surface area contributed by atoms with Crippen molar-refractivity contribution in [2.75, 3.05) is 6.54 Å². The van der Waals surface area contributed by atoms with Gasteiger partial charge in [-0.25, -0.2) is 0 Å². The maximum absolute atomic E-state index is 12.6. The van der Waals surface area contributed by atoms with Crippen molar-refractivity contribution in [2.45, 2.75) is 26.4 Å². The van der Waals surface area contributed by atoms with Crippen molar-refractivity contribution in [3.8, 4) is 11.1 Å². The van der Waals surface area contributed by atoms with Crippen LogP contribution in [0.4, 0.5) is 13.2 Å². The van der Waals surface area contributed by atoms with E-state index >= 15 is 0 Å². The summed E-state index contributed by atoms with van der Waals surface area (Å²) in [6.45, 7) is 4.71. The average molecular weight is 336 g/mol. The molecule has 0 aliphatic carbocycles. The minimum absolute atomic E-state index is 0.239. The molecule has 1 aromatic heterocycles. The summed E-state index contributed by atoms with van der Waals surface area (Å²) >= 11 is 0. The molecule has 6 heteroatoms. The summed E-state index contributed by atoms with van der Waals surface area (Å²) in [4.78, 5) is 16.1. The highest BCUT2D eigenvalue weighted by Crippen LogP contribution is 2.30. The first-order valence-corrected chi connectivity index (χ1v) is 7.68. The van der Waals surface area contributed by atoms with E-state index in [0.29, 0.717) is 29.2 Å². The number of nitrogens with zero attached hydrogens (tertiary/aromatic N) is 1. The number of rotatable bonds is 5. The topological polar surface area (TPSA) is 42.0 Å². The predicted octanol–water partition coefficient (Wildman–Crippen LogP) is 4.54. The second-order valence-corrected chi connectivity index (χ2v) is 5.98. The van der Waals surface area contributed by atoms with Gasteiger partial charge in [0.1, 0.15) is 0 Å². The van der Waals surface area contributed by atoms with Gasteiger partial charge in [0.25, 0.3) is 5.91 Å². The second-order valence-electron chi connectivity index (χ2n) is 5.98. The van der Waals surface area contributed by atoms with Crippen molar-refractivity contribution in [1.82, 2.24) is 10.3 Å². The maximum atomic E-state index is 12.6. The highest BCUT2D eigenvalue weighted by Gasteiger charge is 2.29. The lowest BCUT2D eigenvalue weighted by atomic mass is 10.0. The number of carbonyl (C=O) groups excluding carboxylic acids is 1. The summed E-state index contributed by atoms with van der Waals surface area (Å²) in [6, 6.07) is 6.41. The van der Waals surface area contributed by atoms with Crippen LogP contribution in [-0.2, 0) is 6.18 Å². The lowest BCUT2D eigenvalue weighted by molar-refractivity contribution is -0.137. The van der Waals surface area contributed by atoms with Crippen LogP contribution >= 0.6 is 0 Å². The van der Waals surface area contributed by atoms with Gasteiger partial charge in [-0.05, 0) is 36.1 Å². The third-order valence-corrected chi connectivity index (χ3v) is 3.55. The third kappa shape index (κ3) is 4.81. The molecule has 0 spiro atoms. The predicted molar refractivity (Wildman–Crippen MR) is 86.5 cm³/mol. The van der Waals surface area contributed by atoms with Gasteiger partial charge in [-0.2, -0.15) is 13.2 Å². The van der Waals surface area contributed by atoms with Crippen LogP contribution in [-0.4, -0.2) is 17.4 Å². The number of halogens is 3. The standard InChI is InChI=1S/C18H19F3N2O/c1-12(2)7-8-23-17(24)15-9-14(10-22-11-15)13-3-5-16(6-4-13)18(19,20)21/h3-6,9-12H,7-8H2,1-2H3,(H,23,24). The fraction of sp³-hybridized carbons (Fsp3) is 0.333. The Bertz CT molecular complexity index is 694. The zero-order chi connectivity index (χ0) is 17.7. The summed E-state index contributed by atoms with van der Waals surface area (Å²) in [5.41, 5.74) is 0.852. The van der Waals surface area contributed by atoms with Crippen molar-refractivity contribution >= 4 is 5.91 Å². The molecular weight excluding hydrogens is 317 g/mol. The van der Waals surface area contributed by atoms with Crippen LogP contribution in [0.3, 0.4) is 0 Å². The monoisotopic (exact) mass is 336 g/mol. The van der Waals surface area contributed by atoms with Crippen LogP contribution in [0, 0.1) is 5.92 Å². The second kappa shape index (κ2) is 7.47. The Morgan fingerprint density at radius 1 is 1.12 bits per heavy atom. The van der Waals surface area contributed by atoms with Crippen LogP contribution in [0.15, 0.2) is 42.7 Å². The zero-order valence-corrected chi connectivity index (χ0v) is 13.5. The van der Waals surface area contributed by atoms with E-state index in [0.717, 1.165) is 18.6 Å². The Kier molecular flexibility index (Phi) is 5.59. The Morgan fingerprint density at radius 2 is 1.79 bits per heavy atom. The van der Waals surface area contributed by atoms with Crippen LogP contribution in [0.1, 0.15) is 36.2 Å². The molecule has 0 unspecified atom stereocenters. The molecule has 0 saturated carbocycles. The van der Waals surface area contributed by atoms with E-state index in [1.807, 2.05) is 0 Å². The first kappa shape index (κ1) is 18.0. The fourth-order valence-corrected chi connectivity index (χ4v) is 2.15. The quantitative estimate of drug-likeness (QED) is 0.871. The normalized spacial score (nSPS) is 11.6. The first-order valence-electron chi connectivity index (χ1n) is 7.68. The van der Waals surface area contributed by atoms with Crippen molar-refractivity contribution in [3.05, 3.63) is 53.9 Å². The van der Waals surface area contributed by atoms with E-state index in [9.17, 15) is 18.0 Å². The van der Waals surface area contributed by atoms with Gasteiger partial charge in [-0.1, -0.05) is 26.0 Å². The molecule has 128 valence electrons. The number of alkyl halides is 3. The summed E-state index contributed by atoms with van der Waals surface area (Å²) in [5.74, 6) is 0.249. The number of hydrogen-bond donors (Lipinski definition) is 1. The minimum atomic E-state index is -4.37. The van der Waals surface area contributed by atoms with Crippen LogP contribution in [0.25, 0.3) is 11.1 Å². The van der Waals surface area contributed by atoms with Gasteiger partial charge >= 0.3 is 6.18 Å². The summed E-state index contributed by atoms with van der Waals surface area (Å²) < 4.78 is 37.8. The van der Waals surface area contributed by atoms with E-state index < -0.39 is 11.7 Å². The van der Waals surface area contributed by atoms with Gasteiger partial charge in [0.15, 0.2) is 0 Å². The van der Waals surface area contributed by atoms with E-state index in [4.69, 9.17) is 0 Å². The summed E-state index contributed by atoms with van der Waals surface area (Å²) in [7, 11) is 0. The Hall–Kier alpha value is -2.37. The highest BCUT2D eigenvalue weighted by molar-refractivity contribution is 5.95. The maximum Gasteiger partial charge on any atom is 0.416 e. The minimum Gasteiger partial charge on any atom is -0.352 e. The van der Waals surface area contributed by atoms with Gasteiger partial charge in [0.05, 0.1) is 11.1 Å². The number of hydrogen-bond acceptors (Lipinski definition) is 2. The molecule has 2 rings (SSSR count). The van der Waals surface area contributed by atoms with Gasteiger partial charge in [0, 0.05) is 24.5 Å². The van der Waals surface area contributed by atoms with Crippen LogP contribution in [0.2, 0.25) is 0 Å². The smallest absolute Gasteiger partial charge is 0.352 e. The number of nitrogens with one attached hydrogen (secondary N) is 1. The fourth-order valence-electron chi connectivity index (χ4n) is 2.15. The molecule has 1 amide bonds. The molecule has 0 aliphatic heterocycles. The average Bonchev–Trinajstić information content (AvgIpc) is 2.54.